The number of ether oxygens (including phenoxy) is 3. The van der Waals surface area contributed by atoms with Gasteiger partial charge in [0.05, 0.1) is 16.8 Å². The van der Waals surface area contributed by atoms with E-state index < -0.39 is 0 Å². The Kier molecular flexibility index (Phi) is 5.66. The fourth-order valence-electron chi connectivity index (χ4n) is 3.82. The number of amides is 1. The van der Waals surface area contributed by atoms with Crippen molar-refractivity contribution < 1.29 is 23.8 Å². The molecule has 8 heteroatoms. The maximum atomic E-state index is 12.5. The summed E-state index contributed by atoms with van der Waals surface area (Å²) in [5.74, 6) is 1.43. The number of fused-ring (bicyclic) bond motifs is 2. The minimum Gasteiger partial charge on any atom is -0.465 e. The van der Waals surface area contributed by atoms with E-state index in [4.69, 9.17) is 14.2 Å². The Morgan fingerprint density at radius 1 is 1.25 bits per heavy atom. The summed E-state index contributed by atoms with van der Waals surface area (Å²) in [6.45, 7) is 2.26. The summed E-state index contributed by atoms with van der Waals surface area (Å²) in [6, 6.07) is 3.70. The fraction of sp³-hybridized carbons (Fsp3) is 0.550. The number of hydrogen-bond donors (Lipinski definition) is 0. The molecule has 1 saturated carbocycles. The number of benzene rings is 1. The van der Waals surface area contributed by atoms with Gasteiger partial charge < -0.3 is 18.8 Å². The van der Waals surface area contributed by atoms with E-state index in [1.807, 2.05) is 12.1 Å². The molecule has 0 unspecified atom stereocenters. The normalized spacial score (nSPS) is 16.8. The molecule has 1 fully saturated rings. The number of nitrogens with zero attached hydrogens (tertiary/aromatic N) is 2. The summed E-state index contributed by atoms with van der Waals surface area (Å²) in [5.41, 5.74) is 0.782. The van der Waals surface area contributed by atoms with Gasteiger partial charge in [-0.1, -0.05) is 37.0 Å². The smallest absolute Gasteiger partial charge is 0.326 e. The van der Waals surface area contributed by atoms with E-state index >= 15 is 0 Å². The van der Waals surface area contributed by atoms with E-state index in [0.717, 1.165) is 16.6 Å². The number of rotatable bonds is 6. The zero-order valence-electron chi connectivity index (χ0n) is 15.9. The number of hydrogen-bond acceptors (Lipinski definition) is 6. The average Bonchev–Trinajstić information content (AvgIpc) is 3.40. The molecule has 0 atom stereocenters. The molecule has 1 aromatic heterocycles. The predicted molar refractivity (Wildman–Crippen MR) is 104 cm³/mol. The molecule has 0 spiro atoms. The van der Waals surface area contributed by atoms with Crippen LogP contribution in [-0.2, 0) is 20.9 Å². The van der Waals surface area contributed by atoms with Crippen LogP contribution in [0.15, 0.2) is 17.1 Å². The zero-order valence-corrected chi connectivity index (χ0v) is 16.8. The van der Waals surface area contributed by atoms with Crippen molar-refractivity contribution in [1.82, 2.24) is 4.57 Å². The fourth-order valence-corrected chi connectivity index (χ4v) is 4.88. The Morgan fingerprint density at radius 2 is 2.00 bits per heavy atom. The first-order valence-corrected chi connectivity index (χ1v) is 10.6. The van der Waals surface area contributed by atoms with Crippen LogP contribution in [0.4, 0.5) is 0 Å². The van der Waals surface area contributed by atoms with Gasteiger partial charge in [-0.2, -0.15) is 4.99 Å². The molecule has 1 amide bonds. The van der Waals surface area contributed by atoms with Crippen LogP contribution in [0.3, 0.4) is 0 Å². The molecule has 0 bridgehead atoms. The molecular formula is C20H24N2O5S. The van der Waals surface area contributed by atoms with E-state index in [1.54, 1.807) is 11.5 Å². The summed E-state index contributed by atoms with van der Waals surface area (Å²) >= 11 is 1.37. The molecule has 4 rings (SSSR count). The van der Waals surface area contributed by atoms with Crippen LogP contribution < -0.4 is 14.3 Å². The quantitative estimate of drug-likeness (QED) is 0.690. The lowest BCUT2D eigenvalue weighted by Crippen LogP contribution is -2.23. The van der Waals surface area contributed by atoms with Crippen molar-refractivity contribution in [2.24, 2.45) is 10.9 Å². The standard InChI is InChI=1S/C20H24N2O5S/c1-2-25-19(24)11-22-14-9-15-16(27-12-26-15)10-17(14)28-20(22)21-18(23)8-7-13-5-3-4-6-13/h9-10,13H,2-8,11-12H2,1H3. The molecule has 0 saturated heterocycles. The van der Waals surface area contributed by atoms with Crippen LogP contribution in [0, 0.1) is 5.92 Å². The van der Waals surface area contributed by atoms with Gasteiger partial charge in [0, 0.05) is 18.6 Å². The van der Waals surface area contributed by atoms with Gasteiger partial charge in [-0.05, 0) is 19.3 Å². The van der Waals surface area contributed by atoms with Gasteiger partial charge in [0.2, 0.25) is 12.7 Å². The molecule has 7 nitrogen and oxygen atoms in total. The maximum absolute atomic E-state index is 12.5. The Labute approximate surface area is 166 Å². The number of aromatic nitrogens is 1. The number of thiazole rings is 1. The van der Waals surface area contributed by atoms with E-state index in [1.165, 1.54) is 37.0 Å². The lowest BCUT2D eigenvalue weighted by atomic mass is 10.0. The highest BCUT2D eigenvalue weighted by Gasteiger charge is 2.20. The van der Waals surface area contributed by atoms with Gasteiger partial charge in [0.15, 0.2) is 16.3 Å². The largest absolute Gasteiger partial charge is 0.465 e. The van der Waals surface area contributed by atoms with Crippen LogP contribution in [0.2, 0.25) is 0 Å². The molecule has 28 heavy (non-hydrogen) atoms. The van der Waals surface area contributed by atoms with Crippen LogP contribution in [0.1, 0.15) is 45.4 Å². The maximum Gasteiger partial charge on any atom is 0.326 e. The molecule has 1 aliphatic carbocycles. The molecule has 150 valence electrons. The van der Waals surface area contributed by atoms with Crippen molar-refractivity contribution in [1.29, 1.82) is 0 Å². The third-order valence-electron chi connectivity index (χ3n) is 5.23. The van der Waals surface area contributed by atoms with Crippen molar-refractivity contribution in [3.8, 4) is 11.5 Å². The topological polar surface area (TPSA) is 79.1 Å². The third kappa shape index (κ3) is 4.06. The minimum absolute atomic E-state index is 0.00220. The highest BCUT2D eigenvalue weighted by molar-refractivity contribution is 7.16. The zero-order chi connectivity index (χ0) is 19.5. The molecule has 1 aromatic carbocycles. The molecule has 2 heterocycles. The second kappa shape index (κ2) is 8.34. The van der Waals surface area contributed by atoms with E-state index in [9.17, 15) is 9.59 Å². The lowest BCUT2D eigenvalue weighted by molar-refractivity contribution is -0.143. The highest BCUT2D eigenvalue weighted by Crippen LogP contribution is 2.37. The van der Waals surface area contributed by atoms with Gasteiger partial charge >= 0.3 is 5.97 Å². The van der Waals surface area contributed by atoms with Crippen molar-refractivity contribution >= 4 is 33.4 Å². The first-order valence-electron chi connectivity index (χ1n) is 9.80. The van der Waals surface area contributed by atoms with Gasteiger partial charge in [0.1, 0.15) is 6.54 Å². The van der Waals surface area contributed by atoms with Crippen LogP contribution in [0.5, 0.6) is 11.5 Å². The second-order valence-electron chi connectivity index (χ2n) is 7.14. The summed E-state index contributed by atoms with van der Waals surface area (Å²) < 4.78 is 18.6. The van der Waals surface area contributed by atoms with Crippen molar-refractivity contribution in [3.05, 3.63) is 16.9 Å². The van der Waals surface area contributed by atoms with Crippen LogP contribution >= 0.6 is 11.3 Å². The van der Waals surface area contributed by atoms with Gasteiger partial charge in [-0.3, -0.25) is 9.59 Å². The van der Waals surface area contributed by atoms with Gasteiger partial charge in [-0.25, -0.2) is 0 Å². The molecule has 1 aliphatic heterocycles. The molecule has 2 aliphatic rings. The SMILES string of the molecule is CCOC(=O)Cn1c(=NC(=O)CCC2CCCC2)sc2cc3c(cc21)OCO3. The van der Waals surface area contributed by atoms with E-state index in [0.29, 0.717) is 35.2 Å². The first-order chi connectivity index (χ1) is 13.6. The van der Waals surface area contributed by atoms with E-state index in [2.05, 4.69) is 4.99 Å². The Hall–Kier alpha value is -2.35. The molecule has 2 aromatic rings. The molecular weight excluding hydrogens is 380 g/mol. The van der Waals surface area contributed by atoms with E-state index in [-0.39, 0.29) is 25.2 Å². The van der Waals surface area contributed by atoms with Crippen LogP contribution in [-0.4, -0.2) is 29.8 Å². The van der Waals surface area contributed by atoms with Crippen molar-refractivity contribution in [3.63, 3.8) is 0 Å². The Bertz CT molecular complexity index is 955. The van der Waals surface area contributed by atoms with Crippen molar-refractivity contribution in [2.75, 3.05) is 13.4 Å². The van der Waals surface area contributed by atoms with Gasteiger partial charge in [-0.15, -0.1) is 0 Å². The Balaban J connectivity index is 1.65. The molecule has 0 N–H and O–H groups in total. The van der Waals surface area contributed by atoms with Crippen molar-refractivity contribution in [2.45, 2.75) is 52.0 Å². The van der Waals surface area contributed by atoms with Gasteiger partial charge in [0.25, 0.3) is 0 Å². The van der Waals surface area contributed by atoms with Crippen LogP contribution in [0.25, 0.3) is 10.2 Å². The number of carbonyl (C=O) groups is 2. The third-order valence-corrected chi connectivity index (χ3v) is 6.27. The summed E-state index contributed by atoms with van der Waals surface area (Å²) in [4.78, 5) is 29.4. The minimum atomic E-state index is -0.361. The summed E-state index contributed by atoms with van der Waals surface area (Å²) in [5, 5.41) is 0. The first kappa shape index (κ1) is 19.0. The highest BCUT2D eigenvalue weighted by atomic mass is 32.1. The Morgan fingerprint density at radius 3 is 2.75 bits per heavy atom. The summed E-state index contributed by atoms with van der Waals surface area (Å²) in [6.07, 6.45) is 6.29. The second-order valence-corrected chi connectivity index (χ2v) is 8.15. The molecule has 0 radical (unpaired) electrons. The lowest BCUT2D eigenvalue weighted by Gasteiger charge is -2.06. The summed E-state index contributed by atoms with van der Waals surface area (Å²) in [7, 11) is 0. The average molecular weight is 404 g/mol. The number of carbonyl (C=O) groups excluding carboxylic acids is 2. The number of esters is 1. The predicted octanol–water partition coefficient (Wildman–Crippen LogP) is 3.39. The monoisotopic (exact) mass is 404 g/mol.